The summed E-state index contributed by atoms with van der Waals surface area (Å²) in [7, 11) is -3.83. The number of hydrogen-bond donors (Lipinski definition) is 2. The second-order valence-corrected chi connectivity index (χ2v) is 11.6. The third-order valence-corrected chi connectivity index (χ3v) is 9.12. The van der Waals surface area contributed by atoms with E-state index >= 15 is 0 Å². The van der Waals surface area contributed by atoms with Gasteiger partial charge in [-0.15, -0.1) is 0 Å². The van der Waals surface area contributed by atoms with Crippen molar-refractivity contribution in [3.8, 4) is 0 Å². The molecule has 2 N–H and O–H groups in total. The number of ether oxygens (including phenoxy) is 2. The summed E-state index contributed by atoms with van der Waals surface area (Å²) in [5.41, 5.74) is 0.457. The molecule has 5 rings (SSSR count). The first kappa shape index (κ1) is 27.1. The Hall–Kier alpha value is -3.52. The van der Waals surface area contributed by atoms with E-state index in [0.29, 0.717) is 18.4 Å². The van der Waals surface area contributed by atoms with E-state index < -0.39 is 52.5 Å². The molecule has 39 heavy (non-hydrogen) atoms. The molecular weight excluding hydrogens is 552 g/mol. The monoisotopic (exact) mass is 576 g/mol. The Morgan fingerprint density at radius 2 is 1.87 bits per heavy atom. The minimum atomic E-state index is -3.83. The number of nitrogens with one attached hydrogen (secondary N) is 2. The number of nitrogens with zero attached hydrogens (tertiary/aromatic N) is 2. The normalized spacial score (nSPS) is 21.1. The van der Waals surface area contributed by atoms with Crippen LogP contribution in [0.25, 0.3) is 0 Å². The minimum Gasteiger partial charge on any atom is -0.454 e. The number of morpholine rings is 1. The molecule has 2 aromatic rings. The number of sulfonamides is 1. The maximum absolute atomic E-state index is 13.2. The van der Waals surface area contributed by atoms with E-state index in [9.17, 15) is 27.6 Å². The molecule has 4 amide bonds. The van der Waals surface area contributed by atoms with Crippen molar-refractivity contribution in [3.63, 3.8) is 0 Å². The largest absolute Gasteiger partial charge is 0.454 e. The average molecular weight is 577 g/mol. The first-order valence-corrected chi connectivity index (χ1v) is 14.0. The number of imide groups is 1. The molecule has 1 atom stereocenters. The van der Waals surface area contributed by atoms with Crippen LogP contribution in [0.2, 0.25) is 5.02 Å². The van der Waals surface area contributed by atoms with Gasteiger partial charge in [0, 0.05) is 13.1 Å². The number of aryl methyl sites for hydroxylation is 1. The Labute approximate surface area is 229 Å². The number of esters is 1. The highest BCUT2D eigenvalue weighted by molar-refractivity contribution is 7.89. The number of anilines is 1. The summed E-state index contributed by atoms with van der Waals surface area (Å²) >= 11 is 6.14. The first-order chi connectivity index (χ1) is 18.6. The summed E-state index contributed by atoms with van der Waals surface area (Å²) in [5, 5.41) is 5.22. The van der Waals surface area contributed by atoms with Crippen LogP contribution in [0, 0.1) is 0 Å². The predicted octanol–water partition coefficient (Wildman–Crippen LogP) is 1.24. The van der Waals surface area contributed by atoms with Crippen molar-refractivity contribution in [3.05, 3.63) is 58.6 Å². The van der Waals surface area contributed by atoms with Gasteiger partial charge in [0.1, 0.15) is 12.1 Å². The summed E-state index contributed by atoms with van der Waals surface area (Å²) in [6.07, 6.45) is 0.990. The average Bonchev–Trinajstić information content (AvgIpc) is 3.41. The highest BCUT2D eigenvalue weighted by Gasteiger charge is 2.55. The van der Waals surface area contributed by atoms with Crippen molar-refractivity contribution in [1.29, 1.82) is 0 Å². The van der Waals surface area contributed by atoms with Crippen LogP contribution in [-0.2, 0) is 45.8 Å². The van der Waals surface area contributed by atoms with Gasteiger partial charge in [-0.25, -0.2) is 13.2 Å². The standard InChI is InChI=1S/C25H25ClN4O8S/c26-19-6-5-17(39(35,36)29-9-11-37-12-10-29)13-20(19)27-21(31)15-38-22(32)14-30-23(33)25(28-24(30)34)8-7-16-3-1-2-4-18(16)25/h1-6,13H,7-12,14-15H2,(H,27,31)(H,28,34)/t25-/m0/s1. The SMILES string of the molecule is O=C(COC(=O)CN1C(=O)N[C@]2(CCc3ccccc32)C1=O)Nc1cc(S(=O)(=O)N2CCOCC2)ccc1Cl. The third-order valence-electron chi connectivity index (χ3n) is 6.89. The van der Waals surface area contributed by atoms with Crippen molar-refractivity contribution < 1.29 is 37.1 Å². The molecule has 0 unspecified atom stereocenters. The van der Waals surface area contributed by atoms with E-state index in [1.165, 1.54) is 22.5 Å². The van der Waals surface area contributed by atoms with Crippen molar-refractivity contribution in [1.82, 2.24) is 14.5 Å². The van der Waals surface area contributed by atoms with Crippen molar-refractivity contribution in [2.45, 2.75) is 23.3 Å². The molecule has 0 saturated carbocycles. The second-order valence-electron chi connectivity index (χ2n) is 9.25. The van der Waals surface area contributed by atoms with Crippen molar-refractivity contribution >= 4 is 51.1 Å². The summed E-state index contributed by atoms with van der Waals surface area (Å²) in [6.45, 7) is -0.452. The van der Waals surface area contributed by atoms with E-state index in [-0.39, 0.29) is 41.9 Å². The van der Waals surface area contributed by atoms with Crippen molar-refractivity contribution in [2.75, 3.05) is 44.8 Å². The van der Waals surface area contributed by atoms with E-state index in [4.69, 9.17) is 21.1 Å². The van der Waals surface area contributed by atoms with Gasteiger partial charge in [0.2, 0.25) is 10.0 Å². The number of urea groups is 1. The third kappa shape index (κ3) is 5.10. The van der Waals surface area contributed by atoms with Crippen LogP contribution in [0.4, 0.5) is 10.5 Å². The van der Waals surface area contributed by atoms with Crippen molar-refractivity contribution in [2.24, 2.45) is 0 Å². The zero-order valence-electron chi connectivity index (χ0n) is 20.6. The molecule has 14 heteroatoms. The zero-order chi connectivity index (χ0) is 27.8. The Bertz CT molecular complexity index is 1460. The highest BCUT2D eigenvalue weighted by atomic mass is 35.5. The van der Waals surface area contributed by atoms with Crippen LogP contribution in [0.15, 0.2) is 47.4 Å². The number of fused-ring (bicyclic) bond motifs is 2. The Balaban J connectivity index is 1.19. The Morgan fingerprint density at radius 1 is 1.13 bits per heavy atom. The molecule has 0 bridgehead atoms. The smallest absolute Gasteiger partial charge is 0.326 e. The number of amides is 4. The van der Waals surface area contributed by atoms with Crippen LogP contribution in [0.5, 0.6) is 0 Å². The van der Waals surface area contributed by atoms with E-state index in [0.717, 1.165) is 10.5 Å². The quantitative estimate of drug-likeness (QED) is 0.369. The summed E-state index contributed by atoms with van der Waals surface area (Å²) < 4.78 is 37.3. The number of carbonyl (C=O) groups is 4. The van der Waals surface area contributed by atoms with Gasteiger partial charge in [-0.05, 0) is 42.2 Å². The first-order valence-electron chi connectivity index (χ1n) is 12.2. The lowest BCUT2D eigenvalue weighted by atomic mass is 9.92. The fourth-order valence-corrected chi connectivity index (χ4v) is 6.54. The van der Waals surface area contributed by atoms with Gasteiger partial charge in [0.25, 0.3) is 11.8 Å². The fraction of sp³-hybridized carbons (Fsp3) is 0.360. The molecule has 2 heterocycles. The number of benzene rings is 2. The summed E-state index contributed by atoms with van der Waals surface area (Å²) in [5.74, 6) is -2.31. The lowest BCUT2D eigenvalue weighted by Gasteiger charge is -2.26. The number of hydrogen-bond acceptors (Lipinski definition) is 8. The Morgan fingerprint density at radius 3 is 2.64 bits per heavy atom. The van der Waals surface area contributed by atoms with Gasteiger partial charge in [-0.3, -0.25) is 19.3 Å². The van der Waals surface area contributed by atoms with Gasteiger partial charge in [-0.2, -0.15) is 4.31 Å². The molecule has 0 aromatic heterocycles. The molecule has 1 spiro atoms. The predicted molar refractivity (Wildman–Crippen MR) is 137 cm³/mol. The number of halogens is 1. The maximum atomic E-state index is 13.2. The lowest BCUT2D eigenvalue weighted by molar-refractivity contribution is -0.150. The van der Waals surface area contributed by atoms with E-state index in [1.807, 2.05) is 12.1 Å². The molecule has 0 radical (unpaired) electrons. The molecule has 2 aliphatic heterocycles. The zero-order valence-corrected chi connectivity index (χ0v) is 22.2. The van der Waals surface area contributed by atoms with Crippen LogP contribution >= 0.6 is 11.6 Å². The molecule has 2 fully saturated rings. The van der Waals surface area contributed by atoms with Crippen LogP contribution < -0.4 is 10.6 Å². The van der Waals surface area contributed by atoms with Crippen LogP contribution in [0.1, 0.15) is 17.5 Å². The maximum Gasteiger partial charge on any atom is 0.326 e. The number of carbonyl (C=O) groups excluding carboxylic acids is 4. The molecular formula is C25H25ClN4O8S. The van der Waals surface area contributed by atoms with Gasteiger partial charge < -0.3 is 20.1 Å². The topological polar surface area (TPSA) is 151 Å². The molecule has 3 aliphatic rings. The van der Waals surface area contributed by atoms with Gasteiger partial charge in [0.05, 0.1) is 28.8 Å². The summed E-state index contributed by atoms with van der Waals surface area (Å²) in [4.78, 5) is 51.3. The van der Waals surface area contributed by atoms with E-state index in [2.05, 4.69) is 10.6 Å². The van der Waals surface area contributed by atoms with Gasteiger partial charge >= 0.3 is 12.0 Å². The van der Waals surface area contributed by atoms with Gasteiger partial charge in [0.15, 0.2) is 6.61 Å². The summed E-state index contributed by atoms with van der Waals surface area (Å²) in [6, 6.07) is 10.5. The lowest BCUT2D eigenvalue weighted by Crippen LogP contribution is -2.42. The number of rotatable bonds is 7. The molecule has 2 saturated heterocycles. The molecule has 12 nitrogen and oxygen atoms in total. The molecule has 1 aliphatic carbocycles. The van der Waals surface area contributed by atoms with Crippen LogP contribution in [0.3, 0.4) is 0 Å². The van der Waals surface area contributed by atoms with E-state index in [1.54, 1.807) is 12.1 Å². The second kappa shape index (κ2) is 10.6. The fourth-order valence-electron chi connectivity index (χ4n) is 4.94. The molecule has 206 valence electrons. The van der Waals surface area contributed by atoms with Crippen LogP contribution in [-0.4, -0.2) is 80.9 Å². The Kier molecular flexibility index (Phi) is 7.33. The molecule has 2 aromatic carbocycles. The minimum absolute atomic E-state index is 0.0167. The highest BCUT2D eigenvalue weighted by Crippen LogP contribution is 2.41. The van der Waals surface area contributed by atoms with Gasteiger partial charge in [-0.1, -0.05) is 35.9 Å².